The smallest absolute Gasteiger partial charge is 0.338 e. The Bertz CT molecular complexity index is 537. The molecule has 1 saturated carbocycles. The Kier molecular flexibility index (Phi) is 3.59. The number of hydrogen-bond acceptors (Lipinski definition) is 4. The summed E-state index contributed by atoms with van der Waals surface area (Å²) in [6.45, 7) is 7.60. The fourth-order valence-electron chi connectivity index (χ4n) is 3.10. The van der Waals surface area contributed by atoms with E-state index in [2.05, 4.69) is 6.58 Å². The van der Waals surface area contributed by atoms with Crippen LogP contribution in [0, 0.1) is 5.92 Å². The summed E-state index contributed by atoms with van der Waals surface area (Å²) >= 11 is 0. The molecule has 4 nitrogen and oxygen atoms in total. The topological polar surface area (TPSA) is 44.8 Å². The van der Waals surface area contributed by atoms with Gasteiger partial charge in [0.25, 0.3) is 0 Å². The maximum atomic E-state index is 12.2. The Balaban J connectivity index is 1.74. The van der Waals surface area contributed by atoms with E-state index in [1.54, 1.807) is 12.1 Å². The predicted octanol–water partition coefficient (Wildman–Crippen LogP) is 2.94. The summed E-state index contributed by atoms with van der Waals surface area (Å²) in [5.74, 6) is -0.822. The number of benzene rings is 1. The molecule has 3 rings (SSSR count). The monoisotopic (exact) mass is 288 g/mol. The molecule has 1 aromatic rings. The van der Waals surface area contributed by atoms with E-state index in [0.717, 1.165) is 0 Å². The van der Waals surface area contributed by atoms with Gasteiger partial charge in [0.2, 0.25) is 0 Å². The molecule has 1 heterocycles. The van der Waals surface area contributed by atoms with E-state index in [-0.39, 0.29) is 30.2 Å². The lowest BCUT2D eigenvalue weighted by Crippen LogP contribution is -2.32. The summed E-state index contributed by atoms with van der Waals surface area (Å²) in [5, 5.41) is 0. The average molecular weight is 288 g/mol. The number of hydrogen-bond donors (Lipinski definition) is 0. The first-order valence-electron chi connectivity index (χ1n) is 7.24. The third-order valence-electron chi connectivity index (χ3n) is 4.03. The zero-order valence-electron chi connectivity index (χ0n) is 12.3. The maximum absolute atomic E-state index is 12.2. The van der Waals surface area contributed by atoms with Crippen LogP contribution < -0.4 is 0 Å². The van der Waals surface area contributed by atoms with E-state index in [1.165, 1.54) is 0 Å². The maximum Gasteiger partial charge on any atom is 0.338 e. The molecule has 0 spiro atoms. The van der Waals surface area contributed by atoms with Crippen molar-refractivity contribution in [2.75, 3.05) is 0 Å². The molecule has 112 valence electrons. The number of carbonyl (C=O) groups is 1. The van der Waals surface area contributed by atoms with Gasteiger partial charge in [-0.15, -0.1) is 6.58 Å². The second-order valence-corrected chi connectivity index (χ2v) is 6.01. The second-order valence-electron chi connectivity index (χ2n) is 6.01. The van der Waals surface area contributed by atoms with Gasteiger partial charge in [0.1, 0.15) is 12.2 Å². The van der Waals surface area contributed by atoms with Gasteiger partial charge in [-0.1, -0.05) is 24.3 Å². The average Bonchev–Trinajstić information content (AvgIpc) is 2.94. The van der Waals surface area contributed by atoms with Crippen molar-refractivity contribution in [1.29, 1.82) is 0 Å². The third-order valence-corrected chi connectivity index (χ3v) is 4.03. The van der Waals surface area contributed by atoms with Crippen LogP contribution in [-0.4, -0.2) is 30.1 Å². The van der Waals surface area contributed by atoms with Crippen LogP contribution in [0.4, 0.5) is 0 Å². The van der Waals surface area contributed by atoms with Crippen molar-refractivity contribution in [1.82, 2.24) is 0 Å². The van der Waals surface area contributed by atoms with Gasteiger partial charge in [-0.25, -0.2) is 4.79 Å². The Morgan fingerprint density at radius 3 is 2.62 bits per heavy atom. The van der Waals surface area contributed by atoms with E-state index in [9.17, 15) is 4.79 Å². The fourth-order valence-corrected chi connectivity index (χ4v) is 3.10. The SMILES string of the molecule is C=C[C@H]1C[C@H](OC(=O)c2ccccc2)[C@@H]2OC(C)(C)O[C@@H]21. The second kappa shape index (κ2) is 5.28. The van der Waals surface area contributed by atoms with E-state index in [1.807, 2.05) is 38.1 Å². The Morgan fingerprint density at radius 2 is 1.95 bits per heavy atom. The lowest BCUT2D eigenvalue weighted by atomic mass is 10.1. The fraction of sp³-hybridized carbons (Fsp3) is 0.471. The Morgan fingerprint density at radius 1 is 1.29 bits per heavy atom. The van der Waals surface area contributed by atoms with Gasteiger partial charge in [-0.2, -0.15) is 0 Å². The highest BCUT2D eigenvalue weighted by Gasteiger charge is 2.54. The third kappa shape index (κ3) is 2.74. The van der Waals surface area contributed by atoms with Crippen LogP contribution in [0.3, 0.4) is 0 Å². The van der Waals surface area contributed by atoms with Crippen molar-refractivity contribution in [2.24, 2.45) is 5.92 Å². The van der Waals surface area contributed by atoms with Gasteiger partial charge in [0, 0.05) is 5.92 Å². The van der Waals surface area contributed by atoms with Gasteiger partial charge in [0.05, 0.1) is 11.7 Å². The van der Waals surface area contributed by atoms with Crippen molar-refractivity contribution < 1.29 is 19.0 Å². The minimum absolute atomic E-state index is 0.0916. The minimum atomic E-state index is -0.644. The highest BCUT2D eigenvalue weighted by atomic mass is 16.8. The normalized spacial score (nSPS) is 33.4. The van der Waals surface area contributed by atoms with Crippen molar-refractivity contribution in [2.45, 2.75) is 44.4 Å². The highest BCUT2D eigenvalue weighted by Crippen LogP contribution is 2.43. The molecule has 2 fully saturated rings. The molecule has 0 amide bonds. The first-order chi connectivity index (χ1) is 10.00. The summed E-state index contributed by atoms with van der Waals surface area (Å²) in [5.41, 5.74) is 0.550. The van der Waals surface area contributed by atoms with E-state index < -0.39 is 5.79 Å². The van der Waals surface area contributed by atoms with E-state index in [4.69, 9.17) is 14.2 Å². The molecule has 1 aliphatic carbocycles. The van der Waals surface area contributed by atoms with Crippen LogP contribution in [-0.2, 0) is 14.2 Å². The van der Waals surface area contributed by atoms with Gasteiger partial charge in [-0.05, 0) is 32.4 Å². The van der Waals surface area contributed by atoms with Crippen LogP contribution in [0.1, 0.15) is 30.6 Å². The summed E-state index contributed by atoms with van der Waals surface area (Å²) in [7, 11) is 0. The zero-order valence-corrected chi connectivity index (χ0v) is 12.3. The van der Waals surface area contributed by atoms with E-state index in [0.29, 0.717) is 12.0 Å². The Labute approximate surface area is 124 Å². The zero-order chi connectivity index (χ0) is 15.0. The van der Waals surface area contributed by atoms with E-state index >= 15 is 0 Å². The first kappa shape index (κ1) is 14.3. The molecule has 0 aromatic heterocycles. The van der Waals surface area contributed by atoms with Crippen LogP contribution in [0.5, 0.6) is 0 Å². The number of esters is 1. The molecule has 1 aliphatic heterocycles. The van der Waals surface area contributed by atoms with Crippen molar-refractivity contribution >= 4 is 5.97 Å². The van der Waals surface area contributed by atoms with Crippen LogP contribution in [0.2, 0.25) is 0 Å². The summed E-state index contributed by atoms with van der Waals surface area (Å²) in [6.07, 6.45) is 1.93. The van der Waals surface area contributed by atoms with Crippen molar-refractivity contribution in [3.05, 3.63) is 48.6 Å². The first-order valence-corrected chi connectivity index (χ1v) is 7.24. The van der Waals surface area contributed by atoms with Gasteiger partial charge < -0.3 is 14.2 Å². The van der Waals surface area contributed by atoms with Crippen molar-refractivity contribution in [3.63, 3.8) is 0 Å². The largest absolute Gasteiger partial charge is 0.456 e. The molecule has 0 N–H and O–H groups in total. The molecular formula is C17H20O4. The number of rotatable bonds is 3. The highest BCUT2D eigenvalue weighted by molar-refractivity contribution is 5.89. The van der Waals surface area contributed by atoms with Crippen LogP contribution in [0.25, 0.3) is 0 Å². The molecule has 4 atom stereocenters. The lowest BCUT2D eigenvalue weighted by Gasteiger charge is -2.22. The molecule has 0 unspecified atom stereocenters. The summed E-state index contributed by atoms with van der Waals surface area (Å²) in [4.78, 5) is 12.2. The molecule has 0 bridgehead atoms. The van der Waals surface area contributed by atoms with Gasteiger partial charge in [0.15, 0.2) is 5.79 Å². The lowest BCUT2D eigenvalue weighted by molar-refractivity contribution is -0.165. The molecule has 1 aromatic carbocycles. The number of ether oxygens (including phenoxy) is 3. The number of carbonyl (C=O) groups excluding carboxylic acids is 1. The molecule has 4 heteroatoms. The summed E-state index contributed by atoms with van der Waals surface area (Å²) < 4.78 is 17.5. The quantitative estimate of drug-likeness (QED) is 0.633. The van der Waals surface area contributed by atoms with Gasteiger partial charge in [-0.3, -0.25) is 0 Å². The molecule has 2 aliphatic rings. The molecular weight excluding hydrogens is 268 g/mol. The summed E-state index contributed by atoms with van der Waals surface area (Å²) in [6, 6.07) is 9.00. The predicted molar refractivity (Wildman–Crippen MR) is 77.8 cm³/mol. The van der Waals surface area contributed by atoms with Crippen LogP contribution >= 0.6 is 0 Å². The number of fused-ring (bicyclic) bond motifs is 1. The van der Waals surface area contributed by atoms with Crippen LogP contribution in [0.15, 0.2) is 43.0 Å². The molecule has 0 radical (unpaired) electrons. The van der Waals surface area contributed by atoms with Gasteiger partial charge >= 0.3 is 5.97 Å². The standard InChI is InChI=1S/C17H20O4/c1-4-11-10-13(15-14(11)20-17(2,3)21-15)19-16(18)12-8-6-5-7-9-12/h4-9,11,13-15H,1,10H2,2-3H3/t11-,13-,14+,15-/m0/s1. The molecule has 21 heavy (non-hydrogen) atoms. The Hall–Kier alpha value is -1.65. The minimum Gasteiger partial charge on any atom is -0.456 e. The molecule has 1 saturated heterocycles. The van der Waals surface area contributed by atoms with Crippen molar-refractivity contribution in [3.8, 4) is 0 Å².